The smallest absolute Gasteiger partial charge is 0.259 e. The van der Waals surface area contributed by atoms with Crippen molar-refractivity contribution in [3.63, 3.8) is 0 Å². The van der Waals surface area contributed by atoms with E-state index in [2.05, 4.69) is 21.2 Å². The molecule has 0 spiro atoms. The number of amides is 1. The Morgan fingerprint density at radius 3 is 2.40 bits per heavy atom. The second-order valence-corrected chi connectivity index (χ2v) is 6.25. The molecule has 0 fully saturated rings. The van der Waals surface area contributed by atoms with Crippen LogP contribution in [0, 0.1) is 20.8 Å². The first kappa shape index (κ1) is 14.9. The van der Waals surface area contributed by atoms with Crippen molar-refractivity contribution in [2.24, 2.45) is 0 Å². The largest absolute Gasteiger partial charge is 0.466 e. The molecular weight excluding hydrogens is 318 g/mol. The molecule has 1 aromatic carbocycles. The number of carbonyl (C=O) groups excluding carboxylic acids is 1. The van der Waals surface area contributed by atoms with Gasteiger partial charge < -0.3 is 9.73 Å². The maximum atomic E-state index is 12.5. The molecule has 1 unspecified atom stereocenters. The van der Waals surface area contributed by atoms with E-state index in [0.29, 0.717) is 11.3 Å². The molecule has 20 heavy (non-hydrogen) atoms. The van der Waals surface area contributed by atoms with Gasteiger partial charge in [0.2, 0.25) is 0 Å². The molecule has 106 valence electrons. The Kier molecular flexibility index (Phi) is 4.33. The minimum Gasteiger partial charge on any atom is -0.466 e. The Morgan fingerprint density at radius 2 is 1.85 bits per heavy atom. The fourth-order valence-electron chi connectivity index (χ4n) is 2.27. The summed E-state index contributed by atoms with van der Waals surface area (Å²) in [5, 5.41) is 2.97. The fraction of sp³-hybridized carbons (Fsp3) is 0.312. The number of halogens is 1. The van der Waals surface area contributed by atoms with Gasteiger partial charge in [-0.25, -0.2) is 0 Å². The van der Waals surface area contributed by atoms with Gasteiger partial charge in [0.15, 0.2) is 0 Å². The van der Waals surface area contributed by atoms with Gasteiger partial charge >= 0.3 is 0 Å². The minimum atomic E-state index is -0.127. The number of para-hydroxylation sites is 1. The summed E-state index contributed by atoms with van der Waals surface area (Å²) in [6.07, 6.45) is 0. The fourth-order valence-corrected chi connectivity index (χ4v) is 2.67. The van der Waals surface area contributed by atoms with E-state index in [9.17, 15) is 4.79 Å². The van der Waals surface area contributed by atoms with E-state index in [1.54, 1.807) is 0 Å². The Morgan fingerprint density at radius 1 is 1.20 bits per heavy atom. The van der Waals surface area contributed by atoms with Crippen LogP contribution in [0.1, 0.15) is 44.8 Å². The molecule has 0 saturated heterocycles. The van der Waals surface area contributed by atoms with Gasteiger partial charge in [0, 0.05) is 16.1 Å². The molecule has 0 saturated carbocycles. The third kappa shape index (κ3) is 2.80. The van der Waals surface area contributed by atoms with Crippen molar-refractivity contribution >= 4 is 27.5 Å². The standard InChI is InChI=1S/C16H18BrNO2/c1-9-11(3)20-12(4)15(9)16(19)18-14-8-6-5-7-13(14)10(2)17/h5-8,10H,1-4H3,(H,18,19). The molecule has 0 aliphatic heterocycles. The molecule has 2 aromatic rings. The summed E-state index contributed by atoms with van der Waals surface area (Å²) < 4.78 is 5.51. The molecule has 1 aromatic heterocycles. The predicted molar refractivity (Wildman–Crippen MR) is 84.7 cm³/mol. The average Bonchev–Trinajstić information content (AvgIpc) is 2.63. The maximum absolute atomic E-state index is 12.5. The number of hydrogen-bond donors (Lipinski definition) is 1. The SMILES string of the molecule is Cc1oc(C)c(C(=O)Nc2ccccc2C(C)Br)c1C. The van der Waals surface area contributed by atoms with Crippen LogP contribution in [0.5, 0.6) is 0 Å². The molecule has 0 aliphatic rings. The van der Waals surface area contributed by atoms with Crippen LogP contribution in [0.25, 0.3) is 0 Å². The van der Waals surface area contributed by atoms with Crippen molar-refractivity contribution in [1.29, 1.82) is 0 Å². The molecule has 0 radical (unpaired) electrons. The van der Waals surface area contributed by atoms with Crippen molar-refractivity contribution in [3.8, 4) is 0 Å². The zero-order valence-corrected chi connectivity index (χ0v) is 13.7. The van der Waals surface area contributed by atoms with Crippen LogP contribution in [0.3, 0.4) is 0 Å². The lowest BCUT2D eigenvalue weighted by Gasteiger charge is -2.12. The van der Waals surface area contributed by atoms with Crippen LogP contribution in [0.2, 0.25) is 0 Å². The molecule has 1 atom stereocenters. The highest BCUT2D eigenvalue weighted by Gasteiger charge is 2.19. The number of anilines is 1. The molecule has 1 amide bonds. The number of nitrogens with one attached hydrogen (secondary N) is 1. The van der Waals surface area contributed by atoms with E-state index in [1.807, 2.05) is 52.0 Å². The number of alkyl halides is 1. The molecule has 2 rings (SSSR count). The second-order valence-electron chi connectivity index (χ2n) is 4.87. The lowest BCUT2D eigenvalue weighted by Crippen LogP contribution is -2.15. The third-order valence-corrected chi connectivity index (χ3v) is 3.92. The Balaban J connectivity index is 2.33. The normalized spacial score (nSPS) is 12.2. The molecule has 0 aliphatic carbocycles. The van der Waals surface area contributed by atoms with Gasteiger partial charge in [0.05, 0.1) is 5.56 Å². The van der Waals surface area contributed by atoms with Crippen molar-refractivity contribution in [2.75, 3.05) is 5.32 Å². The van der Waals surface area contributed by atoms with Crippen LogP contribution < -0.4 is 5.32 Å². The Hall–Kier alpha value is -1.55. The molecular formula is C16H18BrNO2. The highest BCUT2D eigenvalue weighted by atomic mass is 79.9. The van der Waals surface area contributed by atoms with Gasteiger partial charge in [-0.2, -0.15) is 0 Å². The van der Waals surface area contributed by atoms with Gasteiger partial charge in [-0.15, -0.1) is 0 Å². The molecule has 4 heteroatoms. The monoisotopic (exact) mass is 335 g/mol. The highest BCUT2D eigenvalue weighted by molar-refractivity contribution is 9.09. The van der Waals surface area contributed by atoms with Gasteiger partial charge in [-0.1, -0.05) is 34.1 Å². The Labute approximate surface area is 127 Å². The zero-order valence-electron chi connectivity index (χ0n) is 12.1. The summed E-state index contributed by atoms with van der Waals surface area (Å²) in [5.74, 6) is 1.31. The second kappa shape index (κ2) is 5.83. The van der Waals surface area contributed by atoms with Gasteiger partial charge in [0.25, 0.3) is 5.91 Å². The van der Waals surface area contributed by atoms with Crippen LogP contribution in [0.4, 0.5) is 5.69 Å². The molecule has 3 nitrogen and oxygen atoms in total. The number of furan rings is 1. The predicted octanol–water partition coefficient (Wildman–Crippen LogP) is 4.91. The van der Waals surface area contributed by atoms with E-state index in [4.69, 9.17) is 4.42 Å². The first-order valence-electron chi connectivity index (χ1n) is 6.52. The summed E-state index contributed by atoms with van der Waals surface area (Å²) >= 11 is 3.54. The number of carbonyl (C=O) groups is 1. The number of hydrogen-bond acceptors (Lipinski definition) is 2. The van der Waals surface area contributed by atoms with Crippen molar-refractivity contribution < 1.29 is 9.21 Å². The molecule has 0 bridgehead atoms. The van der Waals surface area contributed by atoms with Gasteiger partial charge in [-0.3, -0.25) is 4.79 Å². The summed E-state index contributed by atoms with van der Waals surface area (Å²) in [6.45, 7) is 7.62. The van der Waals surface area contributed by atoms with Gasteiger partial charge in [0.1, 0.15) is 11.5 Å². The minimum absolute atomic E-state index is 0.127. The maximum Gasteiger partial charge on any atom is 0.259 e. The summed E-state index contributed by atoms with van der Waals surface area (Å²) in [6, 6.07) is 7.77. The number of aryl methyl sites for hydroxylation is 2. The summed E-state index contributed by atoms with van der Waals surface area (Å²) in [4.78, 5) is 12.6. The van der Waals surface area contributed by atoms with E-state index < -0.39 is 0 Å². The van der Waals surface area contributed by atoms with E-state index >= 15 is 0 Å². The van der Waals surface area contributed by atoms with E-state index in [1.165, 1.54) is 0 Å². The lowest BCUT2D eigenvalue weighted by atomic mass is 10.1. The summed E-state index contributed by atoms with van der Waals surface area (Å²) in [5.41, 5.74) is 3.39. The quantitative estimate of drug-likeness (QED) is 0.809. The van der Waals surface area contributed by atoms with Crippen molar-refractivity contribution in [2.45, 2.75) is 32.5 Å². The third-order valence-electron chi connectivity index (χ3n) is 3.43. The van der Waals surface area contributed by atoms with Crippen molar-refractivity contribution in [1.82, 2.24) is 0 Å². The number of rotatable bonds is 3. The first-order chi connectivity index (χ1) is 9.41. The van der Waals surface area contributed by atoms with Crippen LogP contribution >= 0.6 is 15.9 Å². The van der Waals surface area contributed by atoms with Crippen molar-refractivity contribution in [3.05, 3.63) is 52.5 Å². The van der Waals surface area contributed by atoms with Crippen LogP contribution in [-0.2, 0) is 0 Å². The average molecular weight is 336 g/mol. The van der Waals surface area contributed by atoms with Gasteiger partial charge in [-0.05, 0) is 39.3 Å². The number of benzene rings is 1. The summed E-state index contributed by atoms with van der Waals surface area (Å²) in [7, 11) is 0. The topological polar surface area (TPSA) is 42.2 Å². The van der Waals surface area contributed by atoms with E-state index in [0.717, 1.165) is 22.6 Å². The van der Waals surface area contributed by atoms with Crippen LogP contribution in [0.15, 0.2) is 28.7 Å². The first-order valence-corrected chi connectivity index (χ1v) is 7.44. The zero-order chi connectivity index (χ0) is 14.9. The van der Waals surface area contributed by atoms with E-state index in [-0.39, 0.29) is 10.7 Å². The Bertz CT molecular complexity index is 644. The molecule has 1 N–H and O–H groups in total. The lowest BCUT2D eigenvalue weighted by molar-refractivity contribution is 0.102. The molecule has 1 heterocycles. The highest BCUT2D eigenvalue weighted by Crippen LogP contribution is 2.29. The van der Waals surface area contributed by atoms with Crippen LogP contribution in [-0.4, -0.2) is 5.91 Å².